The highest BCUT2D eigenvalue weighted by Gasteiger charge is 2.47. The van der Waals surface area contributed by atoms with E-state index in [4.69, 9.17) is 21.1 Å². The van der Waals surface area contributed by atoms with Crippen LogP contribution in [0.25, 0.3) is 5.76 Å². The summed E-state index contributed by atoms with van der Waals surface area (Å²) in [5.74, 6) is -1.16. The highest BCUT2D eigenvalue weighted by molar-refractivity contribution is 7.10. The van der Waals surface area contributed by atoms with E-state index in [0.717, 1.165) is 15.3 Å². The number of methoxy groups -OCH3 is 2. The molecule has 0 aliphatic carbocycles. The third-order valence-corrected chi connectivity index (χ3v) is 7.55. The van der Waals surface area contributed by atoms with Crippen molar-refractivity contribution in [3.8, 4) is 11.5 Å². The molecule has 0 bridgehead atoms. The number of amides is 1. The lowest BCUT2D eigenvalue weighted by Crippen LogP contribution is -2.28. The molecule has 1 N–H and O–H groups in total. The lowest BCUT2D eigenvalue weighted by molar-refractivity contribution is -0.140. The van der Waals surface area contributed by atoms with Gasteiger partial charge in [-0.05, 0) is 41.4 Å². The Bertz CT molecular complexity index is 1220. The molecule has 1 aliphatic rings. The van der Waals surface area contributed by atoms with Gasteiger partial charge in [-0.3, -0.25) is 9.59 Å². The summed E-state index contributed by atoms with van der Waals surface area (Å²) in [5.41, 5.74) is 1.17. The molecule has 3 heterocycles. The molecule has 4 rings (SSSR count). The van der Waals surface area contributed by atoms with E-state index in [0.29, 0.717) is 10.8 Å². The number of rotatable bonds is 6. The van der Waals surface area contributed by atoms with Crippen LogP contribution in [0.3, 0.4) is 0 Å². The van der Waals surface area contributed by atoms with Gasteiger partial charge in [0.15, 0.2) is 0 Å². The van der Waals surface area contributed by atoms with Crippen LogP contribution in [0.2, 0.25) is 5.02 Å². The molecule has 1 amide bonds. The molecule has 0 radical (unpaired) electrons. The standard InChI is InChI=1S/C23H20ClNO5S2/c1-12-6-8-32-22(12)19-18(21(27)23(28)25(19)11-13-5-4-7-31-13)20(26)14-9-17(30-3)15(24)10-16(14)29-2/h4-10,19,26H,11H2,1-3H3/b20-18+. The SMILES string of the molecule is COc1cc(/C(O)=C2\C(=O)C(=O)N(Cc3cccs3)C2c2sccc2C)c(OC)cc1Cl. The lowest BCUT2D eigenvalue weighted by atomic mass is 9.97. The third-order valence-electron chi connectivity index (χ3n) is 5.33. The molecule has 1 saturated heterocycles. The van der Waals surface area contributed by atoms with Gasteiger partial charge in [0.1, 0.15) is 23.3 Å². The Balaban J connectivity index is 1.93. The van der Waals surface area contributed by atoms with E-state index in [2.05, 4.69) is 0 Å². The normalized spacial score (nSPS) is 17.8. The van der Waals surface area contributed by atoms with Crippen molar-refractivity contribution in [2.75, 3.05) is 14.2 Å². The van der Waals surface area contributed by atoms with Gasteiger partial charge in [-0.25, -0.2) is 0 Å². The number of ether oxygens (including phenoxy) is 2. The van der Waals surface area contributed by atoms with Crippen LogP contribution in [0.5, 0.6) is 11.5 Å². The molecular weight excluding hydrogens is 470 g/mol. The molecule has 1 fully saturated rings. The highest BCUT2D eigenvalue weighted by atomic mass is 35.5. The topological polar surface area (TPSA) is 76.1 Å². The van der Waals surface area contributed by atoms with Crippen molar-refractivity contribution >= 4 is 51.7 Å². The minimum absolute atomic E-state index is 0.0137. The molecule has 6 nitrogen and oxygen atoms in total. The summed E-state index contributed by atoms with van der Waals surface area (Å²) in [7, 11) is 2.89. The zero-order chi connectivity index (χ0) is 23.0. The van der Waals surface area contributed by atoms with E-state index in [9.17, 15) is 14.7 Å². The van der Waals surface area contributed by atoms with Crippen LogP contribution in [0, 0.1) is 6.92 Å². The summed E-state index contributed by atoms with van der Waals surface area (Å²) in [6, 6.07) is 8.02. The molecule has 1 aliphatic heterocycles. The molecule has 2 aromatic heterocycles. The van der Waals surface area contributed by atoms with E-state index >= 15 is 0 Å². The Labute approximate surface area is 198 Å². The molecule has 1 unspecified atom stereocenters. The van der Waals surface area contributed by atoms with Gasteiger partial charge in [-0.2, -0.15) is 0 Å². The third kappa shape index (κ3) is 3.79. The van der Waals surface area contributed by atoms with Gasteiger partial charge >= 0.3 is 0 Å². The molecule has 32 heavy (non-hydrogen) atoms. The van der Waals surface area contributed by atoms with Crippen molar-refractivity contribution in [1.82, 2.24) is 4.90 Å². The van der Waals surface area contributed by atoms with Gasteiger partial charge < -0.3 is 19.5 Å². The van der Waals surface area contributed by atoms with Crippen LogP contribution in [0.4, 0.5) is 0 Å². The minimum atomic E-state index is -0.743. The summed E-state index contributed by atoms with van der Waals surface area (Å²) in [4.78, 5) is 29.6. The fourth-order valence-electron chi connectivity index (χ4n) is 3.74. The maximum absolute atomic E-state index is 13.2. The first kappa shape index (κ1) is 22.4. The Kier molecular flexibility index (Phi) is 6.28. The maximum Gasteiger partial charge on any atom is 0.296 e. The van der Waals surface area contributed by atoms with Gasteiger partial charge in [0, 0.05) is 15.8 Å². The van der Waals surface area contributed by atoms with Gasteiger partial charge in [-0.15, -0.1) is 22.7 Å². The predicted molar refractivity (Wildman–Crippen MR) is 126 cm³/mol. The number of carbonyl (C=O) groups excluding carboxylic acids is 2. The number of carbonyl (C=O) groups is 2. The number of aliphatic hydroxyl groups is 1. The number of hydrogen-bond donors (Lipinski definition) is 1. The first-order valence-electron chi connectivity index (χ1n) is 9.64. The molecule has 0 saturated carbocycles. The monoisotopic (exact) mass is 489 g/mol. The van der Waals surface area contributed by atoms with Gasteiger partial charge in [0.05, 0.1) is 36.9 Å². The van der Waals surface area contributed by atoms with E-state index < -0.39 is 17.7 Å². The maximum atomic E-state index is 13.2. The second kappa shape index (κ2) is 8.97. The molecule has 3 aromatic rings. The molecule has 0 spiro atoms. The Morgan fingerprint density at radius 2 is 1.88 bits per heavy atom. The van der Waals surface area contributed by atoms with Crippen LogP contribution in [-0.4, -0.2) is 35.9 Å². The second-order valence-corrected chi connectivity index (χ2v) is 9.55. The highest BCUT2D eigenvalue weighted by Crippen LogP contribution is 2.45. The number of thiophene rings is 2. The zero-order valence-corrected chi connectivity index (χ0v) is 19.9. The number of nitrogens with zero attached hydrogens (tertiary/aromatic N) is 1. The van der Waals surface area contributed by atoms with Crippen molar-refractivity contribution in [3.05, 3.63) is 72.6 Å². The quantitative estimate of drug-likeness (QED) is 0.284. The Morgan fingerprint density at radius 3 is 2.47 bits per heavy atom. The van der Waals surface area contributed by atoms with Gasteiger partial charge in [-0.1, -0.05) is 17.7 Å². The lowest BCUT2D eigenvalue weighted by Gasteiger charge is -2.24. The van der Waals surface area contributed by atoms with Crippen molar-refractivity contribution in [3.63, 3.8) is 0 Å². The van der Waals surface area contributed by atoms with E-state index in [1.54, 1.807) is 0 Å². The number of hydrogen-bond acceptors (Lipinski definition) is 7. The molecular formula is C23H20ClNO5S2. The molecule has 9 heteroatoms. The minimum Gasteiger partial charge on any atom is -0.507 e. The van der Waals surface area contributed by atoms with Crippen molar-refractivity contribution < 1.29 is 24.2 Å². The number of halogens is 1. The summed E-state index contributed by atoms with van der Waals surface area (Å²) < 4.78 is 10.7. The number of Topliss-reactive ketones (excluding diaryl/α,β-unsaturated/α-hetero) is 1. The van der Waals surface area contributed by atoms with Crippen LogP contribution in [-0.2, 0) is 16.1 Å². The summed E-state index contributed by atoms with van der Waals surface area (Å²) in [6.07, 6.45) is 0. The first-order valence-corrected chi connectivity index (χ1v) is 11.8. The van der Waals surface area contributed by atoms with Crippen molar-refractivity contribution in [2.24, 2.45) is 0 Å². The largest absolute Gasteiger partial charge is 0.507 e. The fraction of sp³-hybridized carbons (Fsp3) is 0.217. The summed E-state index contributed by atoms with van der Waals surface area (Å²) >= 11 is 9.14. The van der Waals surface area contributed by atoms with Crippen LogP contribution < -0.4 is 9.47 Å². The van der Waals surface area contributed by atoms with Crippen LogP contribution in [0.15, 0.2) is 46.7 Å². The van der Waals surface area contributed by atoms with Crippen LogP contribution in [0.1, 0.15) is 26.9 Å². The zero-order valence-electron chi connectivity index (χ0n) is 17.5. The van der Waals surface area contributed by atoms with Crippen LogP contribution >= 0.6 is 34.3 Å². The number of aryl methyl sites for hydroxylation is 1. The van der Waals surface area contributed by atoms with E-state index in [-0.39, 0.29) is 29.2 Å². The van der Waals surface area contributed by atoms with Crippen molar-refractivity contribution in [2.45, 2.75) is 19.5 Å². The Hall–Kier alpha value is -2.81. The summed E-state index contributed by atoms with van der Waals surface area (Å²) in [6.45, 7) is 2.19. The summed E-state index contributed by atoms with van der Waals surface area (Å²) in [5, 5.41) is 15.5. The number of likely N-dealkylation sites (tertiary alicyclic amines) is 1. The number of aliphatic hydroxyl groups excluding tert-OH is 1. The average molecular weight is 490 g/mol. The fourth-order valence-corrected chi connectivity index (χ4v) is 5.72. The molecule has 1 aromatic carbocycles. The Morgan fingerprint density at radius 1 is 1.12 bits per heavy atom. The molecule has 166 valence electrons. The van der Waals surface area contributed by atoms with E-state index in [1.165, 1.54) is 53.9 Å². The first-order chi connectivity index (χ1) is 15.4. The van der Waals surface area contributed by atoms with Gasteiger partial charge in [0.25, 0.3) is 11.7 Å². The average Bonchev–Trinajstić information content (AvgIpc) is 3.50. The van der Waals surface area contributed by atoms with Gasteiger partial charge in [0.2, 0.25) is 0 Å². The van der Waals surface area contributed by atoms with Crippen molar-refractivity contribution in [1.29, 1.82) is 0 Å². The smallest absolute Gasteiger partial charge is 0.296 e. The molecule has 1 atom stereocenters. The number of benzene rings is 1. The van der Waals surface area contributed by atoms with E-state index in [1.807, 2.05) is 35.9 Å². The number of ketones is 1. The predicted octanol–water partition coefficient (Wildman–Crippen LogP) is 5.41. The second-order valence-electron chi connectivity index (χ2n) is 7.16.